The van der Waals surface area contributed by atoms with E-state index < -0.39 is 0 Å². The Morgan fingerprint density at radius 1 is 1.32 bits per heavy atom. The maximum Gasteiger partial charge on any atom is 0.178 e. The lowest BCUT2D eigenvalue weighted by atomic mass is 10.1. The van der Waals surface area contributed by atoms with E-state index in [4.69, 9.17) is 9.40 Å². The molecule has 0 bridgehead atoms. The van der Waals surface area contributed by atoms with E-state index in [-0.39, 0.29) is 0 Å². The molecular formula is C17H20N4O. The first kappa shape index (κ1) is 13.5. The summed E-state index contributed by atoms with van der Waals surface area (Å²) in [4.78, 5) is 11.8. The third-order valence-electron chi connectivity index (χ3n) is 4.48. The number of furan rings is 1. The number of aromatic nitrogens is 3. The Labute approximate surface area is 129 Å². The molecule has 5 nitrogen and oxygen atoms in total. The van der Waals surface area contributed by atoms with E-state index in [1.54, 1.807) is 6.26 Å². The highest BCUT2D eigenvalue weighted by Gasteiger charge is 2.26. The van der Waals surface area contributed by atoms with Crippen LogP contribution in [0.1, 0.15) is 25.8 Å². The van der Waals surface area contributed by atoms with Crippen molar-refractivity contribution in [2.24, 2.45) is 0 Å². The maximum absolute atomic E-state index is 5.61. The molecule has 114 valence electrons. The number of pyridine rings is 1. The number of hydrogen-bond donors (Lipinski definition) is 0. The largest absolute Gasteiger partial charge is 0.461 e. The zero-order chi connectivity index (χ0) is 14.9. The highest BCUT2D eigenvalue weighted by atomic mass is 16.3. The molecule has 5 heteroatoms. The van der Waals surface area contributed by atoms with Crippen LogP contribution in [0.2, 0.25) is 0 Å². The number of fused-ring (bicyclic) bond motifs is 1. The molecule has 0 saturated carbocycles. The summed E-state index contributed by atoms with van der Waals surface area (Å²) in [5, 5.41) is 0. The van der Waals surface area contributed by atoms with Gasteiger partial charge in [0.15, 0.2) is 17.2 Å². The second-order valence-corrected chi connectivity index (χ2v) is 5.82. The van der Waals surface area contributed by atoms with Gasteiger partial charge in [0, 0.05) is 12.7 Å². The fourth-order valence-electron chi connectivity index (χ4n) is 3.38. The van der Waals surface area contributed by atoms with Gasteiger partial charge in [0.05, 0.1) is 12.3 Å². The van der Waals surface area contributed by atoms with Crippen LogP contribution in [-0.4, -0.2) is 39.1 Å². The lowest BCUT2D eigenvalue weighted by Crippen LogP contribution is -2.36. The lowest BCUT2D eigenvalue weighted by Gasteiger charge is -2.33. The second kappa shape index (κ2) is 5.57. The molecule has 1 saturated heterocycles. The van der Waals surface area contributed by atoms with Crippen molar-refractivity contribution in [1.82, 2.24) is 19.4 Å². The van der Waals surface area contributed by atoms with Crippen LogP contribution in [0, 0.1) is 0 Å². The Balaban J connectivity index is 1.85. The Bertz CT molecular complexity index is 762. The topological polar surface area (TPSA) is 47.1 Å². The second-order valence-electron chi connectivity index (χ2n) is 5.82. The van der Waals surface area contributed by atoms with Crippen LogP contribution in [0.25, 0.3) is 22.7 Å². The Morgan fingerprint density at radius 2 is 2.27 bits per heavy atom. The highest BCUT2D eigenvalue weighted by molar-refractivity contribution is 5.76. The van der Waals surface area contributed by atoms with E-state index >= 15 is 0 Å². The van der Waals surface area contributed by atoms with Crippen molar-refractivity contribution in [2.75, 3.05) is 19.6 Å². The van der Waals surface area contributed by atoms with Crippen molar-refractivity contribution in [1.29, 1.82) is 0 Å². The molecule has 1 atom stereocenters. The van der Waals surface area contributed by atoms with Crippen molar-refractivity contribution in [3.63, 3.8) is 0 Å². The minimum absolute atomic E-state index is 0.397. The van der Waals surface area contributed by atoms with Crippen molar-refractivity contribution < 1.29 is 4.42 Å². The maximum atomic E-state index is 5.61. The number of rotatable bonds is 3. The number of likely N-dealkylation sites (N-methyl/N-ethyl adjacent to an activating group) is 1. The minimum atomic E-state index is 0.397. The summed E-state index contributed by atoms with van der Waals surface area (Å²) in [5.41, 5.74) is 1.89. The van der Waals surface area contributed by atoms with E-state index in [9.17, 15) is 0 Å². The molecule has 3 aromatic rings. The average Bonchev–Trinajstić information content (AvgIpc) is 3.22. The fourth-order valence-corrected chi connectivity index (χ4v) is 3.38. The number of nitrogens with zero attached hydrogens (tertiary/aromatic N) is 4. The Morgan fingerprint density at radius 3 is 3.09 bits per heavy atom. The van der Waals surface area contributed by atoms with E-state index in [0.29, 0.717) is 6.04 Å². The molecule has 0 N–H and O–H groups in total. The van der Waals surface area contributed by atoms with E-state index in [0.717, 1.165) is 42.3 Å². The number of imidazole rings is 1. The first-order valence-electron chi connectivity index (χ1n) is 7.96. The summed E-state index contributed by atoms with van der Waals surface area (Å²) in [6.07, 6.45) is 5.91. The lowest BCUT2D eigenvalue weighted by molar-refractivity contribution is 0.188. The molecule has 1 aliphatic rings. The SMILES string of the molecule is CCN1CCCC(n2c(-c3ccco3)nc3cccnc32)C1. The van der Waals surface area contributed by atoms with Gasteiger partial charge in [-0.3, -0.25) is 0 Å². The molecule has 0 aliphatic carbocycles. The van der Waals surface area contributed by atoms with Gasteiger partial charge < -0.3 is 13.9 Å². The summed E-state index contributed by atoms with van der Waals surface area (Å²) >= 11 is 0. The van der Waals surface area contributed by atoms with Crippen LogP contribution >= 0.6 is 0 Å². The van der Waals surface area contributed by atoms with Gasteiger partial charge in [-0.15, -0.1) is 0 Å². The van der Waals surface area contributed by atoms with E-state index in [2.05, 4.69) is 21.4 Å². The van der Waals surface area contributed by atoms with Gasteiger partial charge in [-0.05, 0) is 50.2 Å². The summed E-state index contributed by atoms with van der Waals surface area (Å²) in [7, 11) is 0. The van der Waals surface area contributed by atoms with Crippen LogP contribution < -0.4 is 0 Å². The zero-order valence-electron chi connectivity index (χ0n) is 12.8. The molecule has 0 aromatic carbocycles. The monoisotopic (exact) mass is 296 g/mol. The zero-order valence-corrected chi connectivity index (χ0v) is 12.8. The van der Waals surface area contributed by atoms with E-state index in [1.807, 2.05) is 30.5 Å². The minimum Gasteiger partial charge on any atom is -0.461 e. The molecule has 1 aliphatic heterocycles. The molecule has 0 amide bonds. The number of hydrogen-bond acceptors (Lipinski definition) is 4. The van der Waals surface area contributed by atoms with Crippen molar-refractivity contribution in [3.8, 4) is 11.6 Å². The molecule has 0 spiro atoms. The number of piperidine rings is 1. The van der Waals surface area contributed by atoms with Gasteiger partial charge in [-0.2, -0.15) is 0 Å². The average molecular weight is 296 g/mol. The molecular weight excluding hydrogens is 276 g/mol. The van der Waals surface area contributed by atoms with Gasteiger partial charge in [-0.1, -0.05) is 6.92 Å². The molecule has 1 fully saturated rings. The summed E-state index contributed by atoms with van der Waals surface area (Å²) in [6.45, 7) is 5.54. The van der Waals surface area contributed by atoms with Gasteiger partial charge in [0.2, 0.25) is 0 Å². The van der Waals surface area contributed by atoms with Crippen LogP contribution in [0.4, 0.5) is 0 Å². The van der Waals surface area contributed by atoms with E-state index in [1.165, 1.54) is 13.0 Å². The van der Waals surface area contributed by atoms with Crippen molar-refractivity contribution in [3.05, 3.63) is 36.7 Å². The van der Waals surface area contributed by atoms with Crippen LogP contribution in [0.15, 0.2) is 41.1 Å². The quantitative estimate of drug-likeness (QED) is 0.743. The molecule has 1 unspecified atom stereocenters. The fraction of sp³-hybridized carbons (Fsp3) is 0.412. The summed E-state index contributed by atoms with van der Waals surface area (Å²) in [5.74, 6) is 1.70. The van der Waals surface area contributed by atoms with Crippen molar-refractivity contribution >= 4 is 11.2 Å². The standard InChI is InChI=1S/C17H20N4O/c1-2-20-10-4-6-13(12-20)21-16-14(7-3-9-18-16)19-17(21)15-8-5-11-22-15/h3,5,7-9,11,13H,2,4,6,10,12H2,1H3. The molecule has 0 radical (unpaired) electrons. The first-order chi connectivity index (χ1) is 10.9. The highest BCUT2D eigenvalue weighted by Crippen LogP contribution is 2.31. The predicted molar refractivity (Wildman–Crippen MR) is 85.6 cm³/mol. The van der Waals surface area contributed by atoms with Crippen LogP contribution in [-0.2, 0) is 0 Å². The Hall–Kier alpha value is -2.14. The smallest absolute Gasteiger partial charge is 0.178 e. The molecule has 3 aromatic heterocycles. The van der Waals surface area contributed by atoms with Gasteiger partial charge in [-0.25, -0.2) is 9.97 Å². The van der Waals surface area contributed by atoms with Crippen LogP contribution in [0.5, 0.6) is 0 Å². The summed E-state index contributed by atoms with van der Waals surface area (Å²) in [6, 6.07) is 8.23. The van der Waals surface area contributed by atoms with Gasteiger partial charge >= 0.3 is 0 Å². The molecule has 22 heavy (non-hydrogen) atoms. The Kier molecular flexibility index (Phi) is 3.42. The molecule has 4 heterocycles. The van der Waals surface area contributed by atoms with Gasteiger partial charge in [0.1, 0.15) is 5.52 Å². The van der Waals surface area contributed by atoms with Crippen LogP contribution in [0.3, 0.4) is 0 Å². The normalized spacial score (nSPS) is 19.8. The predicted octanol–water partition coefficient (Wildman–Crippen LogP) is 3.35. The van der Waals surface area contributed by atoms with Gasteiger partial charge in [0.25, 0.3) is 0 Å². The first-order valence-corrected chi connectivity index (χ1v) is 7.96. The number of likely N-dealkylation sites (tertiary alicyclic amines) is 1. The third kappa shape index (κ3) is 2.22. The molecule has 4 rings (SSSR count). The third-order valence-corrected chi connectivity index (χ3v) is 4.48. The summed E-state index contributed by atoms with van der Waals surface area (Å²) < 4.78 is 7.88. The van der Waals surface area contributed by atoms with Crippen molar-refractivity contribution in [2.45, 2.75) is 25.8 Å².